The van der Waals surface area contributed by atoms with Crippen molar-refractivity contribution in [2.45, 2.75) is 36.7 Å². The summed E-state index contributed by atoms with van der Waals surface area (Å²) in [6, 6.07) is 7.04. The molecule has 0 spiro atoms. The van der Waals surface area contributed by atoms with Gasteiger partial charge in [-0.15, -0.1) is 0 Å². The van der Waals surface area contributed by atoms with Crippen molar-refractivity contribution in [3.05, 3.63) is 29.8 Å². The van der Waals surface area contributed by atoms with Crippen LogP contribution >= 0.6 is 0 Å². The fourth-order valence-corrected chi connectivity index (χ4v) is 3.19. The molecule has 1 aliphatic rings. The molecule has 88 valence electrons. The lowest BCUT2D eigenvalue weighted by Gasteiger charge is -2.32. The summed E-state index contributed by atoms with van der Waals surface area (Å²) in [7, 11) is -3.37. The highest BCUT2D eigenvalue weighted by Gasteiger charge is 2.30. The molecule has 0 bridgehead atoms. The van der Waals surface area contributed by atoms with E-state index in [-0.39, 0.29) is 12.1 Å². The van der Waals surface area contributed by atoms with Gasteiger partial charge in [-0.3, -0.25) is 0 Å². The van der Waals surface area contributed by atoms with Crippen LogP contribution in [0.2, 0.25) is 0 Å². The number of hydrogen-bond donors (Lipinski definition) is 2. The summed E-state index contributed by atoms with van der Waals surface area (Å²) >= 11 is 0. The number of rotatable bonds is 3. The largest absolute Gasteiger partial charge is 0.328 e. The van der Waals surface area contributed by atoms with Gasteiger partial charge in [0, 0.05) is 12.1 Å². The van der Waals surface area contributed by atoms with E-state index in [0.717, 1.165) is 18.4 Å². The van der Waals surface area contributed by atoms with Crippen LogP contribution in [-0.2, 0) is 10.0 Å². The number of benzene rings is 1. The van der Waals surface area contributed by atoms with Gasteiger partial charge in [-0.25, -0.2) is 13.1 Å². The van der Waals surface area contributed by atoms with E-state index in [1.807, 2.05) is 13.0 Å². The molecule has 5 heteroatoms. The molecule has 1 saturated carbocycles. The van der Waals surface area contributed by atoms with Gasteiger partial charge in [-0.05, 0) is 37.5 Å². The van der Waals surface area contributed by atoms with E-state index in [9.17, 15) is 8.42 Å². The molecule has 0 aromatic heterocycles. The van der Waals surface area contributed by atoms with Crippen molar-refractivity contribution in [3.8, 4) is 0 Å². The minimum Gasteiger partial charge on any atom is -0.328 e. The highest BCUT2D eigenvalue weighted by Crippen LogP contribution is 2.20. The van der Waals surface area contributed by atoms with Gasteiger partial charge in [0.05, 0.1) is 4.90 Å². The Morgan fingerprint density at radius 1 is 1.38 bits per heavy atom. The number of aryl methyl sites for hydroxylation is 1. The third-order valence-corrected chi connectivity index (χ3v) is 4.31. The zero-order chi connectivity index (χ0) is 11.8. The molecular weight excluding hydrogens is 224 g/mol. The van der Waals surface area contributed by atoms with Gasteiger partial charge in [-0.1, -0.05) is 12.1 Å². The van der Waals surface area contributed by atoms with E-state index >= 15 is 0 Å². The lowest BCUT2D eigenvalue weighted by Crippen LogP contribution is -2.50. The first kappa shape index (κ1) is 11.6. The Kier molecular flexibility index (Phi) is 3.01. The van der Waals surface area contributed by atoms with Gasteiger partial charge in [0.25, 0.3) is 0 Å². The van der Waals surface area contributed by atoms with Gasteiger partial charge < -0.3 is 5.73 Å². The van der Waals surface area contributed by atoms with Crippen LogP contribution in [0.1, 0.15) is 18.4 Å². The average Bonchev–Trinajstić information content (AvgIpc) is 2.15. The summed E-state index contributed by atoms with van der Waals surface area (Å²) in [6.07, 6.45) is 1.45. The Hall–Kier alpha value is -0.910. The standard InChI is InChI=1S/C11H16N2O2S/c1-8-3-2-4-11(5-8)16(14,15)13-10-6-9(12)7-10/h2-5,9-10,13H,6-7,12H2,1H3. The highest BCUT2D eigenvalue weighted by molar-refractivity contribution is 7.89. The van der Waals surface area contributed by atoms with Crippen molar-refractivity contribution in [1.29, 1.82) is 0 Å². The predicted octanol–water partition coefficient (Wildman–Crippen LogP) is 0.763. The number of nitrogens with one attached hydrogen (secondary N) is 1. The second-order valence-electron chi connectivity index (χ2n) is 4.37. The zero-order valence-corrected chi connectivity index (χ0v) is 10.00. The van der Waals surface area contributed by atoms with Crippen molar-refractivity contribution >= 4 is 10.0 Å². The summed E-state index contributed by atoms with van der Waals surface area (Å²) in [4.78, 5) is 0.327. The third kappa shape index (κ3) is 2.42. The van der Waals surface area contributed by atoms with Crippen molar-refractivity contribution in [1.82, 2.24) is 4.72 Å². The number of nitrogens with two attached hydrogens (primary N) is 1. The van der Waals surface area contributed by atoms with E-state index in [2.05, 4.69) is 4.72 Å². The summed E-state index contributed by atoms with van der Waals surface area (Å²) in [5, 5.41) is 0. The van der Waals surface area contributed by atoms with Crippen molar-refractivity contribution in [3.63, 3.8) is 0 Å². The Labute approximate surface area is 95.9 Å². The summed E-state index contributed by atoms with van der Waals surface area (Å²) in [5.74, 6) is 0. The lowest BCUT2D eigenvalue weighted by atomic mass is 9.89. The van der Waals surface area contributed by atoms with Crippen LogP contribution < -0.4 is 10.5 Å². The molecule has 0 radical (unpaired) electrons. The third-order valence-electron chi connectivity index (χ3n) is 2.80. The maximum atomic E-state index is 11.9. The first-order valence-corrected chi connectivity index (χ1v) is 6.80. The van der Waals surface area contributed by atoms with Gasteiger partial charge in [0.15, 0.2) is 0 Å². The second-order valence-corrected chi connectivity index (χ2v) is 6.08. The summed E-state index contributed by atoms with van der Waals surface area (Å²) < 4.78 is 26.5. The van der Waals surface area contributed by atoms with Crippen LogP contribution in [0.5, 0.6) is 0 Å². The minimum absolute atomic E-state index is 0.000474. The Morgan fingerprint density at radius 2 is 2.06 bits per heavy atom. The highest BCUT2D eigenvalue weighted by atomic mass is 32.2. The molecule has 1 fully saturated rings. The van der Waals surface area contributed by atoms with Crippen LogP contribution in [0.3, 0.4) is 0 Å². The molecule has 4 nitrogen and oxygen atoms in total. The summed E-state index contributed by atoms with van der Waals surface area (Å²) in [6.45, 7) is 1.87. The van der Waals surface area contributed by atoms with Crippen LogP contribution in [0.4, 0.5) is 0 Å². The van der Waals surface area contributed by atoms with Crippen molar-refractivity contribution in [2.75, 3.05) is 0 Å². The van der Waals surface area contributed by atoms with E-state index in [1.165, 1.54) is 0 Å². The molecule has 2 rings (SSSR count). The SMILES string of the molecule is Cc1cccc(S(=O)(=O)NC2CC(N)C2)c1. The average molecular weight is 240 g/mol. The van der Waals surface area contributed by atoms with Crippen molar-refractivity contribution < 1.29 is 8.42 Å². The number of hydrogen-bond acceptors (Lipinski definition) is 3. The molecule has 0 unspecified atom stereocenters. The normalized spacial score (nSPS) is 25.1. The maximum absolute atomic E-state index is 11.9. The molecular formula is C11H16N2O2S. The fourth-order valence-electron chi connectivity index (χ4n) is 1.83. The molecule has 1 aromatic carbocycles. The first-order valence-electron chi connectivity index (χ1n) is 5.32. The molecule has 0 saturated heterocycles. The molecule has 0 heterocycles. The first-order chi connectivity index (χ1) is 7.47. The van der Waals surface area contributed by atoms with E-state index in [1.54, 1.807) is 18.2 Å². The predicted molar refractivity (Wildman–Crippen MR) is 62.5 cm³/mol. The van der Waals surface area contributed by atoms with Gasteiger partial charge in [-0.2, -0.15) is 0 Å². The number of sulfonamides is 1. The van der Waals surface area contributed by atoms with Gasteiger partial charge in [0.1, 0.15) is 0 Å². The molecule has 16 heavy (non-hydrogen) atoms. The smallest absolute Gasteiger partial charge is 0.240 e. The molecule has 0 atom stereocenters. The zero-order valence-electron chi connectivity index (χ0n) is 9.18. The maximum Gasteiger partial charge on any atom is 0.240 e. The minimum atomic E-state index is -3.37. The van der Waals surface area contributed by atoms with E-state index < -0.39 is 10.0 Å². The molecule has 0 amide bonds. The quantitative estimate of drug-likeness (QED) is 0.819. The van der Waals surface area contributed by atoms with Crippen LogP contribution in [0.25, 0.3) is 0 Å². The second kappa shape index (κ2) is 4.16. The van der Waals surface area contributed by atoms with Crippen LogP contribution in [0.15, 0.2) is 29.2 Å². The Morgan fingerprint density at radius 3 is 2.62 bits per heavy atom. The Balaban J connectivity index is 2.13. The van der Waals surface area contributed by atoms with Crippen LogP contribution in [0, 0.1) is 6.92 Å². The molecule has 0 aliphatic heterocycles. The molecule has 1 aliphatic carbocycles. The van der Waals surface area contributed by atoms with Gasteiger partial charge >= 0.3 is 0 Å². The van der Waals surface area contributed by atoms with E-state index in [4.69, 9.17) is 5.73 Å². The summed E-state index contributed by atoms with van der Waals surface area (Å²) in [5.41, 5.74) is 6.55. The van der Waals surface area contributed by atoms with Gasteiger partial charge in [0.2, 0.25) is 10.0 Å². The van der Waals surface area contributed by atoms with Crippen molar-refractivity contribution in [2.24, 2.45) is 5.73 Å². The fraction of sp³-hybridized carbons (Fsp3) is 0.455. The topological polar surface area (TPSA) is 72.2 Å². The monoisotopic (exact) mass is 240 g/mol. The molecule has 1 aromatic rings. The van der Waals surface area contributed by atoms with E-state index in [0.29, 0.717) is 4.90 Å². The van der Waals surface area contributed by atoms with Crippen LogP contribution in [-0.4, -0.2) is 20.5 Å². The molecule has 3 N–H and O–H groups in total. The lowest BCUT2D eigenvalue weighted by molar-refractivity contribution is 0.327. The Bertz CT molecular complexity index is 479.